The second kappa shape index (κ2) is 8.80. The van der Waals surface area contributed by atoms with Crippen LogP contribution in [0.25, 0.3) is 6.08 Å². The van der Waals surface area contributed by atoms with Crippen molar-refractivity contribution in [2.45, 2.75) is 6.54 Å². The highest BCUT2D eigenvalue weighted by Crippen LogP contribution is 2.06. The quantitative estimate of drug-likeness (QED) is 0.735. The number of nitrogens with zero attached hydrogens (tertiary/aromatic N) is 4. The minimum Gasteiger partial charge on any atom is -0.333 e. The Hall–Kier alpha value is -2.53. The van der Waals surface area contributed by atoms with Gasteiger partial charge < -0.3 is 9.80 Å². The minimum absolute atomic E-state index is 0.0143. The van der Waals surface area contributed by atoms with E-state index in [0.717, 1.165) is 17.7 Å². The van der Waals surface area contributed by atoms with Crippen molar-refractivity contribution < 1.29 is 4.79 Å². The largest absolute Gasteiger partial charge is 0.333 e. The Morgan fingerprint density at radius 3 is 2.43 bits per heavy atom. The zero-order chi connectivity index (χ0) is 16.5. The Kier molecular flexibility index (Phi) is 6.44. The molecule has 1 amide bonds. The third-order valence-electron chi connectivity index (χ3n) is 3.33. The second-order valence-corrected chi connectivity index (χ2v) is 5.54. The molecular formula is C18H22N4O. The molecule has 5 heteroatoms. The number of carbonyl (C=O) groups excluding carboxylic acids is 1. The molecule has 0 aliphatic carbocycles. The molecule has 120 valence electrons. The number of carbonyl (C=O) groups is 1. The van der Waals surface area contributed by atoms with Crippen LogP contribution in [0.4, 0.5) is 0 Å². The van der Waals surface area contributed by atoms with Gasteiger partial charge in [0, 0.05) is 50.5 Å². The summed E-state index contributed by atoms with van der Waals surface area (Å²) in [7, 11) is 4.00. The Bertz CT molecular complexity index is 626. The zero-order valence-corrected chi connectivity index (χ0v) is 13.6. The number of hydrogen-bond acceptors (Lipinski definition) is 4. The molecule has 0 aliphatic rings. The number of hydrogen-bond donors (Lipinski definition) is 0. The maximum Gasteiger partial charge on any atom is 0.246 e. The van der Waals surface area contributed by atoms with E-state index in [0.29, 0.717) is 13.1 Å². The summed E-state index contributed by atoms with van der Waals surface area (Å²) in [6, 6.07) is 7.63. The van der Waals surface area contributed by atoms with Gasteiger partial charge in [-0.2, -0.15) is 0 Å². The van der Waals surface area contributed by atoms with E-state index < -0.39 is 0 Å². The van der Waals surface area contributed by atoms with Crippen molar-refractivity contribution in [1.29, 1.82) is 0 Å². The van der Waals surface area contributed by atoms with Crippen molar-refractivity contribution in [2.24, 2.45) is 0 Å². The molecule has 0 atom stereocenters. The van der Waals surface area contributed by atoms with E-state index >= 15 is 0 Å². The van der Waals surface area contributed by atoms with Crippen LogP contribution in [0, 0.1) is 0 Å². The first kappa shape index (κ1) is 16.8. The molecule has 0 spiro atoms. The number of aromatic nitrogens is 2. The lowest BCUT2D eigenvalue weighted by atomic mass is 10.2. The average Bonchev–Trinajstić information content (AvgIpc) is 2.58. The minimum atomic E-state index is -0.0143. The lowest BCUT2D eigenvalue weighted by molar-refractivity contribution is -0.126. The summed E-state index contributed by atoms with van der Waals surface area (Å²) in [4.78, 5) is 24.6. The SMILES string of the molecule is CN(C)CCN(Cc1cccnc1)C(=O)C=Cc1cccnc1. The number of pyridine rings is 2. The van der Waals surface area contributed by atoms with Crippen molar-refractivity contribution in [3.63, 3.8) is 0 Å². The van der Waals surface area contributed by atoms with Gasteiger partial charge in [-0.1, -0.05) is 12.1 Å². The first-order valence-corrected chi connectivity index (χ1v) is 7.56. The standard InChI is InChI=1S/C18H22N4O/c1-21(2)11-12-22(15-17-6-4-10-20-14-17)18(23)8-7-16-5-3-9-19-13-16/h3-10,13-14H,11-12,15H2,1-2H3. The molecule has 0 aliphatic heterocycles. The predicted octanol–water partition coefficient (Wildman–Crippen LogP) is 2.08. The van der Waals surface area contributed by atoms with E-state index in [1.54, 1.807) is 36.9 Å². The van der Waals surface area contributed by atoms with Gasteiger partial charge in [-0.25, -0.2) is 0 Å². The van der Waals surface area contributed by atoms with Crippen molar-refractivity contribution in [1.82, 2.24) is 19.8 Å². The highest BCUT2D eigenvalue weighted by Gasteiger charge is 2.11. The maximum absolute atomic E-state index is 12.5. The fourth-order valence-corrected chi connectivity index (χ4v) is 2.05. The summed E-state index contributed by atoms with van der Waals surface area (Å²) in [6.45, 7) is 2.03. The molecule has 2 rings (SSSR count). The van der Waals surface area contributed by atoms with Gasteiger partial charge in [0.1, 0.15) is 0 Å². The fraction of sp³-hybridized carbons (Fsp3) is 0.278. The third-order valence-corrected chi connectivity index (χ3v) is 3.33. The zero-order valence-electron chi connectivity index (χ0n) is 13.6. The van der Waals surface area contributed by atoms with Gasteiger partial charge in [-0.3, -0.25) is 14.8 Å². The summed E-state index contributed by atoms with van der Waals surface area (Å²) in [5.74, 6) is -0.0143. The molecule has 0 saturated heterocycles. The molecular weight excluding hydrogens is 288 g/mol. The van der Waals surface area contributed by atoms with Crippen molar-refractivity contribution in [2.75, 3.05) is 27.2 Å². The molecule has 2 aromatic rings. The number of likely N-dealkylation sites (N-methyl/N-ethyl adjacent to an activating group) is 1. The van der Waals surface area contributed by atoms with Crippen LogP contribution in [0.5, 0.6) is 0 Å². The molecule has 5 nitrogen and oxygen atoms in total. The first-order valence-electron chi connectivity index (χ1n) is 7.56. The van der Waals surface area contributed by atoms with Crippen molar-refractivity contribution in [3.8, 4) is 0 Å². The smallest absolute Gasteiger partial charge is 0.246 e. The van der Waals surface area contributed by atoms with Crippen molar-refractivity contribution >= 4 is 12.0 Å². The molecule has 2 aromatic heterocycles. The van der Waals surface area contributed by atoms with E-state index in [4.69, 9.17) is 0 Å². The van der Waals surface area contributed by atoms with Crippen LogP contribution in [0.2, 0.25) is 0 Å². The van der Waals surface area contributed by atoms with Crippen LogP contribution in [0.15, 0.2) is 55.1 Å². The normalized spacial score (nSPS) is 11.1. The molecule has 0 radical (unpaired) electrons. The Labute approximate surface area is 137 Å². The lowest BCUT2D eigenvalue weighted by Gasteiger charge is -2.23. The maximum atomic E-state index is 12.5. The Morgan fingerprint density at radius 2 is 1.83 bits per heavy atom. The van der Waals surface area contributed by atoms with Gasteiger partial charge in [-0.15, -0.1) is 0 Å². The highest BCUT2D eigenvalue weighted by atomic mass is 16.2. The van der Waals surface area contributed by atoms with Gasteiger partial charge in [0.05, 0.1) is 0 Å². The number of amides is 1. The van der Waals surface area contributed by atoms with Crippen LogP contribution in [0.1, 0.15) is 11.1 Å². The molecule has 2 heterocycles. The van der Waals surface area contributed by atoms with E-state index in [1.807, 2.05) is 43.3 Å². The van der Waals surface area contributed by atoms with Crippen LogP contribution >= 0.6 is 0 Å². The van der Waals surface area contributed by atoms with Gasteiger partial charge in [0.15, 0.2) is 0 Å². The summed E-state index contributed by atoms with van der Waals surface area (Å²) < 4.78 is 0. The second-order valence-electron chi connectivity index (χ2n) is 5.54. The Morgan fingerprint density at radius 1 is 1.09 bits per heavy atom. The van der Waals surface area contributed by atoms with Crippen LogP contribution in [-0.2, 0) is 11.3 Å². The molecule has 23 heavy (non-hydrogen) atoms. The van der Waals surface area contributed by atoms with E-state index in [9.17, 15) is 4.79 Å². The molecule has 0 bridgehead atoms. The number of rotatable bonds is 7. The van der Waals surface area contributed by atoms with Crippen LogP contribution in [-0.4, -0.2) is 52.9 Å². The van der Waals surface area contributed by atoms with Crippen LogP contribution < -0.4 is 0 Å². The van der Waals surface area contributed by atoms with Gasteiger partial charge in [-0.05, 0) is 43.4 Å². The van der Waals surface area contributed by atoms with E-state index in [1.165, 1.54) is 0 Å². The molecule has 0 saturated carbocycles. The van der Waals surface area contributed by atoms with E-state index in [-0.39, 0.29) is 5.91 Å². The summed E-state index contributed by atoms with van der Waals surface area (Å²) in [5.41, 5.74) is 1.93. The molecule has 0 unspecified atom stereocenters. The fourth-order valence-electron chi connectivity index (χ4n) is 2.05. The Balaban J connectivity index is 2.05. The summed E-state index contributed by atoms with van der Waals surface area (Å²) in [5, 5.41) is 0. The molecule has 0 aromatic carbocycles. The van der Waals surface area contributed by atoms with Gasteiger partial charge >= 0.3 is 0 Å². The van der Waals surface area contributed by atoms with E-state index in [2.05, 4.69) is 14.9 Å². The first-order chi connectivity index (χ1) is 11.1. The molecule has 0 fully saturated rings. The van der Waals surface area contributed by atoms with Crippen molar-refractivity contribution in [3.05, 3.63) is 66.3 Å². The molecule has 0 N–H and O–H groups in total. The van der Waals surface area contributed by atoms with Crippen LogP contribution in [0.3, 0.4) is 0 Å². The monoisotopic (exact) mass is 310 g/mol. The van der Waals surface area contributed by atoms with Gasteiger partial charge in [0.2, 0.25) is 5.91 Å². The highest BCUT2D eigenvalue weighted by molar-refractivity contribution is 5.91. The topological polar surface area (TPSA) is 49.3 Å². The van der Waals surface area contributed by atoms with Gasteiger partial charge in [0.25, 0.3) is 0 Å². The lowest BCUT2D eigenvalue weighted by Crippen LogP contribution is -2.35. The summed E-state index contributed by atoms with van der Waals surface area (Å²) >= 11 is 0. The third kappa shape index (κ3) is 6.00. The average molecular weight is 310 g/mol. The predicted molar refractivity (Wildman–Crippen MR) is 91.5 cm³/mol. The summed E-state index contributed by atoms with van der Waals surface area (Å²) in [6.07, 6.45) is 10.4.